The Balaban J connectivity index is 1.90. The van der Waals surface area contributed by atoms with E-state index in [1.165, 1.54) is 12.1 Å². The largest absolute Gasteiger partial charge is 0.476 e. The molecule has 0 aliphatic carbocycles. The van der Waals surface area contributed by atoms with E-state index < -0.39 is 0 Å². The third-order valence-electron chi connectivity index (χ3n) is 2.80. The Morgan fingerprint density at radius 1 is 1.20 bits per heavy atom. The molecule has 5 heteroatoms. The number of benzene rings is 1. The van der Waals surface area contributed by atoms with Crippen LogP contribution >= 0.6 is 0 Å². The molecule has 0 amide bonds. The number of aromatic nitrogens is 1. The summed E-state index contributed by atoms with van der Waals surface area (Å²) in [5, 5.41) is 3.19. The molecule has 0 fully saturated rings. The van der Waals surface area contributed by atoms with Crippen molar-refractivity contribution in [3.8, 4) is 5.88 Å². The van der Waals surface area contributed by atoms with Gasteiger partial charge >= 0.3 is 0 Å². The van der Waals surface area contributed by atoms with Gasteiger partial charge in [0, 0.05) is 6.54 Å². The van der Waals surface area contributed by atoms with Gasteiger partial charge in [0.15, 0.2) is 0 Å². The molecule has 1 aromatic heterocycles. The van der Waals surface area contributed by atoms with Crippen molar-refractivity contribution in [3.05, 3.63) is 47.8 Å². The van der Waals surface area contributed by atoms with Crippen LogP contribution in [0.3, 0.4) is 0 Å². The molecule has 2 rings (SSSR count). The highest BCUT2D eigenvalue weighted by Crippen LogP contribution is 2.20. The van der Waals surface area contributed by atoms with Crippen molar-refractivity contribution in [3.63, 3.8) is 0 Å². The van der Waals surface area contributed by atoms with Crippen molar-refractivity contribution in [2.45, 2.75) is 13.3 Å². The second-order valence-corrected chi connectivity index (χ2v) is 4.33. The van der Waals surface area contributed by atoms with Crippen LogP contribution in [0.15, 0.2) is 36.4 Å². The summed E-state index contributed by atoms with van der Waals surface area (Å²) in [4.78, 5) is 4.29. The van der Waals surface area contributed by atoms with E-state index >= 15 is 0 Å². The van der Waals surface area contributed by atoms with Crippen molar-refractivity contribution in [1.29, 1.82) is 0 Å². The number of nitrogens with one attached hydrogen (secondary N) is 1. The predicted octanol–water partition coefficient (Wildman–Crippen LogP) is 2.86. The van der Waals surface area contributed by atoms with Gasteiger partial charge in [-0.3, -0.25) is 0 Å². The zero-order valence-corrected chi connectivity index (χ0v) is 11.4. The molecule has 0 spiro atoms. The van der Waals surface area contributed by atoms with Gasteiger partial charge in [-0.05, 0) is 43.2 Å². The smallest absolute Gasteiger partial charge is 0.239 e. The van der Waals surface area contributed by atoms with Crippen molar-refractivity contribution in [1.82, 2.24) is 4.98 Å². The first-order valence-electron chi connectivity index (χ1n) is 6.56. The molecule has 3 N–H and O–H groups in total. The third-order valence-corrected chi connectivity index (χ3v) is 2.80. The number of hydrogen-bond donors (Lipinski definition) is 2. The summed E-state index contributed by atoms with van der Waals surface area (Å²) in [5.74, 6) is 0.937. The summed E-state index contributed by atoms with van der Waals surface area (Å²) in [7, 11) is 0. The summed E-state index contributed by atoms with van der Waals surface area (Å²) in [5.41, 5.74) is 7.35. The number of nitrogens with zero attached hydrogens (tertiary/aromatic N) is 1. The molecule has 0 aliphatic rings. The van der Waals surface area contributed by atoms with E-state index in [0.717, 1.165) is 12.0 Å². The lowest BCUT2D eigenvalue weighted by atomic mass is 10.1. The fourth-order valence-electron chi connectivity index (χ4n) is 1.79. The van der Waals surface area contributed by atoms with Crippen molar-refractivity contribution >= 4 is 11.5 Å². The van der Waals surface area contributed by atoms with E-state index in [2.05, 4.69) is 10.3 Å². The van der Waals surface area contributed by atoms with E-state index in [1.54, 1.807) is 18.2 Å². The average molecular weight is 275 g/mol. The first-order chi connectivity index (χ1) is 9.69. The highest BCUT2D eigenvalue weighted by atomic mass is 19.1. The third kappa shape index (κ3) is 3.85. The number of nitrogen functional groups attached to an aromatic ring is 1. The van der Waals surface area contributed by atoms with Crippen LogP contribution in [0.4, 0.5) is 15.9 Å². The average Bonchev–Trinajstić information content (AvgIpc) is 2.45. The normalized spacial score (nSPS) is 10.3. The monoisotopic (exact) mass is 275 g/mol. The van der Waals surface area contributed by atoms with E-state index in [9.17, 15) is 4.39 Å². The minimum Gasteiger partial charge on any atom is -0.476 e. The molecule has 20 heavy (non-hydrogen) atoms. The fraction of sp³-hybridized carbons (Fsp3) is 0.267. The molecule has 0 saturated carbocycles. The summed E-state index contributed by atoms with van der Waals surface area (Å²) in [6, 6.07) is 10.0. The molecule has 0 saturated heterocycles. The maximum absolute atomic E-state index is 12.8. The molecule has 1 aromatic carbocycles. The van der Waals surface area contributed by atoms with Crippen molar-refractivity contribution in [2.24, 2.45) is 0 Å². The van der Waals surface area contributed by atoms with Crippen LogP contribution in [0, 0.1) is 5.82 Å². The van der Waals surface area contributed by atoms with Gasteiger partial charge in [0.2, 0.25) is 5.88 Å². The number of halogens is 1. The van der Waals surface area contributed by atoms with Crippen LogP contribution < -0.4 is 15.8 Å². The van der Waals surface area contributed by atoms with Crippen LogP contribution in [-0.4, -0.2) is 18.1 Å². The number of ether oxygens (including phenoxy) is 1. The molecule has 0 radical (unpaired) electrons. The SMILES string of the molecule is CCOc1nc(NCCc2ccc(F)cc2)ccc1N. The number of hydrogen-bond acceptors (Lipinski definition) is 4. The first kappa shape index (κ1) is 14.1. The van der Waals surface area contributed by atoms with Crippen LogP contribution in [0.25, 0.3) is 0 Å². The zero-order valence-electron chi connectivity index (χ0n) is 11.4. The van der Waals surface area contributed by atoms with Crippen LogP contribution in [0.5, 0.6) is 5.88 Å². The van der Waals surface area contributed by atoms with Crippen LogP contribution in [0.1, 0.15) is 12.5 Å². The van der Waals surface area contributed by atoms with E-state index in [1.807, 2.05) is 13.0 Å². The van der Waals surface area contributed by atoms with Gasteiger partial charge in [-0.1, -0.05) is 12.1 Å². The Bertz CT molecular complexity index is 558. The van der Waals surface area contributed by atoms with E-state index in [0.29, 0.717) is 30.5 Å². The molecule has 106 valence electrons. The summed E-state index contributed by atoms with van der Waals surface area (Å²) < 4.78 is 18.1. The summed E-state index contributed by atoms with van der Waals surface area (Å²) >= 11 is 0. The van der Waals surface area contributed by atoms with Gasteiger partial charge in [0.1, 0.15) is 11.6 Å². The van der Waals surface area contributed by atoms with Crippen molar-refractivity contribution in [2.75, 3.05) is 24.2 Å². The summed E-state index contributed by atoms with van der Waals surface area (Å²) in [6.45, 7) is 3.11. The summed E-state index contributed by atoms with van der Waals surface area (Å²) in [6.07, 6.45) is 0.788. The Kier molecular flexibility index (Phi) is 4.76. The molecule has 0 atom stereocenters. The molecule has 0 aliphatic heterocycles. The topological polar surface area (TPSA) is 60.2 Å². The Morgan fingerprint density at radius 2 is 1.95 bits per heavy atom. The quantitative estimate of drug-likeness (QED) is 0.851. The molecule has 4 nitrogen and oxygen atoms in total. The maximum Gasteiger partial charge on any atom is 0.239 e. The molecular weight excluding hydrogens is 257 g/mol. The standard InChI is InChI=1S/C15H18FN3O/c1-2-20-15-13(17)7-8-14(19-15)18-10-9-11-3-5-12(16)6-4-11/h3-8H,2,9-10,17H2,1H3,(H,18,19). The van der Waals surface area contributed by atoms with Gasteiger partial charge < -0.3 is 15.8 Å². The van der Waals surface area contributed by atoms with Crippen LogP contribution in [-0.2, 0) is 6.42 Å². The second kappa shape index (κ2) is 6.75. The lowest BCUT2D eigenvalue weighted by Crippen LogP contribution is -2.08. The molecule has 1 heterocycles. The maximum atomic E-state index is 12.8. The minimum absolute atomic E-state index is 0.219. The van der Waals surface area contributed by atoms with Gasteiger partial charge in [0.05, 0.1) is 12.3 Å². The minimum atomic E-state index is -0.219. The van der Waals surface area contributed by atoms with Gasteiger partial charge in [-0.2, -0.15) is 4.98 Å². The van der Waals surface area contributed by atoms with Crippen molar-refractivity contribution < 1.29 is 9.13 Å². The Hall–Kier alpha value is -2.30. The molecule has 0 bridgehead atoms. The van der Waals surface area contributed by atoms with Gasteiger partial charge in [0.25, 0.3) is 0 Å². The molecule has 2 aromatic rings. The fourth-order valence-corrected chi connectivity index (χ4v) is 1.79. The Morgan fingerprint density at radius 3 is 2.65 bits per heavy atom. The van der Waals surface area contributed by atoms with Gasteiger partial charge in [-0.15, -0.1) is 0 Å². The Labute approximate surface area is 117 Å². The van der Waals surface area contributed by atoms with Crippen LogP contribution in [0.2, 0.25) is 0 Å². The zero-order chi connectivity index (χ0) is 14.4. The number of rotatable bonds is 6. The highest BCUT2D eigenvalue weighted by molar-refractivity contribution is 5.53. The lowest BCUT2D eigenvalue weighted by molar-refractivity contribution is 0.329. The first-order valence-corrected chi connectivity index (χ1v) is 6.56. The second-order valence-electron chi connectivity index (χ2n) is 4.33. The highest BCUT2D eigenvalue weighted by Gasteiger charge is 2.03. The molecule has 0 unspecified atom stereocenters. The van der Waals surface area contributed by atoms with Gasteiger partial charge in [-0.25, -0.2) is 4.39 Å². The number of anilines is 2. The lowest BCUT2D eigenvalue weighted by Gasteiger charge is -2.09. The van der Waals surface area contributed by atoms with E-state index in [4.69, 9.17) is 10.5 Å². The molecular formula is C15H18FN3O. The number of nitrogens with two attached hydrogens (primary N) is 1. The van der Waals surface area contributed by atoms with E-state index in [-0.39, 0.29) is 5.82 Å². The predicted molar refractivity (Wildman–Crippen MR) is 78.4 cm³/mol. The number of pyridine rings is 1.